The molecule has 0 spiro atoms. The standard InChI is InChI=1S/C14H9BrCl3N3/c1-7(9-3-2-8(16)4-11(9)17)21-14-5-10(15)12(18)6-13(14)19-20-21/h2-7H,1H3/t7-/m1/s1. The molecular formula is C14H9BrCl3N3. The van der Waals surface area contributed by atoms with Gasteiger partial charge in [0.15, 0.2) is 0 Å². The van der Waals surface area contributed by atoms with Crippen LogP contribution in [0.5, 0.6) is 0 Å². The number of hydrogen-bond acceptors (Lipinski definition) is 2. The number of aromatic nitrogens is 3. The molecule has 3 aromatic rings. The van der Waals surface area contributed by atoms with Gasteiger partial charge >= 0.3 is 0 Å². The summed E-state index contributed by atoms with van der Waals surface area (Å²) in [5.41, 5.74) is 2.55. The summed E-state index contributed by atoms with van der Waals surface area (Å²) in [6, 6.07) is 9.03. The zero-order valence-electron chi connectivity index (χ0n) is 10.8. The highest BCUT2D eigenvalue weighted by Crippen LogP contribution is 2.32. The van der Waals surface area contributed by atoms with Gasteiger partial charge in [-0.25, -0.2) is 4.68 Å². The molecule has 0 aliphatic carbocycles. The zero-order chi connectivity index (χ0) is 15.1. The molecule has 0 aliphatic rings. The summed E-state index contributed by atoms with van der Waals surface area (Å²) in [4.78, 5) is 0. The minimum atomic E-state index is -0.0761. The Bertz CT molecular complexity index is 832. The molecule has 21 heavy (non-hydrogen) atoms. The predicted octanol–water partition coefficient (Wildman–Crippen LogP) is 5.76. The Labute approximate surface area is 144 Å². The van der Waals surface area contributed by atoms with Crippen LogP contribution >= 0.6 is 50.7 Å². The Morgan fingerprint density at radius 3 is 2.57 bits per heavy atom. The van der Waals surface area contributed by atoms with Gasteiger partial charge in [0.25, 0.3) is 0 Å². The van der Waals surface area contributed by atoms with Crippen molar-refractivity contribution in [2.75, 3.05) is 0 Å². The van der Waals surface area contributed by atoms with Crippen molar-refractivity contribution in [3.05, 3.63) is 55.4 Å². The Hall–Kier alpha value is -0.810. The lowest BCUT2D eigenvalue weighted by Gasteiger charge is -2.15. The molecule has 0 radical (unpaired) electrons. The highest BCUT2D eigenvalue weighted by molar-refractivity contribution is 9.10. The SMILES string of the molecule is C[C@H](c1ccc(Cl)cc1Cl)n1nnc2cc(Cl)c(Br)cc21. The molecule has 3 rings (SSSR count). The molecule has 1 aromatic heterocycles. The molecule has 3 nitrogen and oxygen atoms in total. The predicted molar refractivity (Wildman–Crippen MR) is 90.5 cm³/mol. The summed E-state index contributed by atoms with van der Waals surface area (Å²) in [6.45, 7) is 2.01. The number of halogens is 4. The van der Waals surface area contributed by atoms with Crippen molar-refractivity contribution < 1.29 is 0 Å². The van der Waals surface area contributed by atoms with Gasteiger partial charge in [-0.15, -0.1) is 5.10 Å². The van der Waals surface area contributed by atoms with E-state index in [0.29, 0.717) is 15.1 Å². The van der Waals surface area contributed by atoms with Gasteiger partial charge in [-0.3, -0.25) is 0 Å². The van der Waals surface area contributed by atoms with Gasteiger partial charge in [0.1, 0.15) is 5.52 Å². The van der Waals surface area contributed by atoms with Crippen LogP contribution in [0.1, 0.15) is 18.5 Å². The third-order valence-corrected chi connectivity index (χ3v) is 5.05. The molecule has 7 heteroatoms. The number of rotatable bonds is 2. The second-order valence-corrected chi connectivity index (χ2v) is 6.74. The van der Waals surface area contributed by atoms with E-state index in [1.165, 1.54) is 0 Å². The van der Waals surface area contributed by atoms with E-state index in [0.717, 1.165) is 21.1 Å². The van der Waals surface area contributed by atoms with E-state index in [2.05, 4.69) is 26.2 Å². The van der Waals surface area contributed by atoms with Crippen molar-refractivity contribution >= 4 is 61.8 Å². The topological polar surface area (TPSA) is 30.7 Å². The lowest BCUT2D eigenvalue weighted by molar-refractivity contribution is 0.560. The summed E-state index contributed by atoms with van der Waals surface area (Å²) in [5.74, 6) is 0. The Morgan fingerprint density at radius 2 is 1.86 bits per heavy atom. The zero-order valence-corrected chi connectivity index (χ0v) is 14.7. The molecule has 1 heterocycles. The maximum Gasteiger partial charge on any atom is 0.114 e. The normalized spacial score (nSPS) is 12.8. The molecule has 0 aliphatic heterocycles. The lowest BCUT2D eigenvalue weighted by Crippen LogP contribution is -2.09. The van der Waals surface area contributed by atoms with Crippen molar-refractivity contribution in [3.63, 3.8) is 0 Å². The van der Waals surface area contributed by atoms with Gasteiger partial charge in [-0.2, -0.15) is 0 Å². The Balaban J connectivity index is 2.13. The van der Waals surface area contributed by atoms with Crippen LogP contribution in [-0.4, -0.2) is 15.0 Å². The summed E-state index contributed by atoms with van der Waals surface area (Å²) in [7, 11) is 0. The fraction of sp³-hybridized carbons (Fsp3) is 0.143. The molecule has 0 unspecified atom stereocenters. The first-order valence-electron chi connectivity index (χ1n) is 6.12. The third kappa shape index (κ3) is 2.78. The molecule has 0 N–H and O–H groups in total. The van der Waals surface area contributed by atoms with Crippen LogP contribution in [0.3, 0.4) is 0 Å². The van der Waals surface area contributed by atoms with Crippen molar-refractivity contribution in [2.45, 2.75) is 13.0 Å². The molecule has 2 aromatic carbocycles. The van der Waals surface area contributed by atoms with Crippen molar-refractivity contribution in [1.29, 1.82) is 0 Å². The van der Waals surface area contributed by atoms with E-state index in [4.69, 9.17) is 34.8 Å². The minimum Gasteiger partial charge on any atom is -0.237 e. The van der Waals surface area contributed by atoms with Gasteiger partial charge in [0.2, 0.25) is 0 Å². The second kappa shape index (κ2) is 5.76. The Kier molecular flexibility index (Phi) is 4.14. The average Bonchev–Trinajstić information content (AvgIpc) is 2.81. The number of hydrogen-bond donors (Lipinski definition) is 0. The van der Waals surface area contributed by atoms with Crippen molar-refractivity contribution in [1.82, 2.24) is 15.0 Å². The van der Waals surface area contributed by atoms with Crippen molar-refractivity contribution in [3.8, 4) is 0 Å². The van der Waals surface area contributed by atoms with E-state index in [1.807, 2.05) is 29.8 Å². The first-order chi connectivity index (χ1) is 9.97. The molecule has 0 saturated carbocycles. The maximum absolute atomic E-state index is 6.27. The number of benzene rings is 2. The maximum atomic E-state index is 6.27. The van der Waals surface area contributed by atoms with Crippen LogP contribution < -0.4 is 0 Å². The lowest BCUT2D eigenvalue weighted by atomic mass is 10.1. The first kappa shape index (κ1) is 15.1. The van der Waals surface area contributed by atoms with Crippen LogP contribution in [0.25, 0.3) is 11.0 Å². The fourth-order valence-electron chi connectivity index (χ4n) is 2.19. The van der Waals surface area contributed by atoms with Gasteiger partial charge in [-0.05, 0) is 52.7 Å². The average molecular weight is 406 g/mol. The largest absolute Gasteiger partial charge is 0.237 e. The quantitative estimate of drug-likeness (QED) is 0.542. The first-order valence-corrected chi connectivity index (χ1v) is 8.05. The molecule has 0 saturated heterocycles. The van der Waals surface area contributed by atoms with Gasteiger partial charge in [0.05, 0.1) is 16.6 Å². The van der Waals surface area contributed by atoms with Crippen LogP contribution in [0.2, 0.25) is 15.1 Å². The van der Waals surface area contributed by atoms with Crippen LogP contribution in [0.15, 0.2) is 34.8 Å². The third-order valence-electron chi connectivity index (χ3n) is 3.29. The summed E-state index contributed by atoms with van der Waals surface area (Å²) in [5, 5.41) is 10.2. The van der Waals surface area contributed by atoms with Crippen LogP contribution in [0, 0.1) is 0 Å². The van der Waals surface area contributed by atoms with Crippen molar-refractivity contribution in [2.24, 2.45) is 0 Å². The van der Waals surface area contributed by atoms with Gasteiger partial charge in [-0.1, -0.05) is 46.1 Å². The molecule has 0 bridgehead atoms. The van der Waals surface area contributed by atoms with E-state index in [-0.39, 0.29) is 6.04 Å². The summed E-state index contributed by atoms with van der Waals surface area (Å²) < 4.78 is 2.61. The van der Waals surface area contributed by atoms with Crippen LogP contribution in [0.4, 0.5) is 0 Å². The smallest absolute Gasteiger partial charge is 0.114 e. The molecule has 108 valence electrons. The van der Waals surface area contributed by atoms with E-state index >= 15 is 0 Å². The highest BCUT2D eigenvalue weighted by atomic mass is 79.9. The van der Waals surface area contributed by atoms with E-state index in [1.54, 1.807) is 12.1 Å². The highest BCUT2D eigenvalue weighted by Gasteiger charge is 2.17. The van der Waals surface area contributed by atoms with E-state index < -0.39 is 0 Å². The number of nitrogens with zero attached hydrogens (tertiary/aromatic N) is 3. The Morgan fingerprint density at radius 1 is 1.10 bits per heavy atom. The van der Waals surface area contributed by atoms with Crippen LogP contribution in [-0.2, 0) is 0 Å². The molecule has 0 amide bonds. The molecule has 0 fully saturated rings. The second-order valence-electron chi connectivity index (χ2n) is 4.63. The van der Waals surface area contributed by atoms with E-state index in [9.17, 15) is 0 Å². The summed E-state index contributed by atoms with van der Waals surface area (Å²) in [6.07, 6.45) is 0. The fourth-order valence-corrected chi connectivity index (χ4v) is 3.25. The number of fused-ring (bicyclic) bond motifs is 1. The van der Waals surface area contributed by atoms with Gasteiger partial charge in [0, 0.05) is 14.5 Å². The van der Waals surface area contributed by atoms with Gasteiger partial charge < -0.3 is 0 Å². The minimum absolute atomic E-state index is 0.0761. The summed E-state index contributed by atoms with van der Waals surface area (Å²) >= 11 is 21.7. The molecule has 1 atom stereocenters. The monoisotopic (exact) mass is 403 g/mol. The molecular weight excluding hydrogens is 396 g/mol.